The molecular weight excluding hydrogens is 420 g/mol. The topological polar surface area (TPSA) is 91.3 Å². The van der Waals surface area contributed by atoms with E-state index in [1.165, 1.54) is 4.57 Å². The summed E-state index contributed by atoms with van der Waals surface area (Å²) in [6.45, 7) is 13.9. The molecule has 0 aliphatic rings. The summed E-state index contributed by atoms with van der Waals surface area (Å²) < 4.78 is 10.4. The van der Waals surface area contributed by atoms with Crippen molar-refractivity contribution in [1.82, 2.24) is 18.7 Å². The van der Waals surface area contributed by atoms with E-state index >= 15 is 0 Å². The van der Waals surface area contributed by atoms with Gasteiger partial charge in [-0.1, -0.05) is 49.1 Å². The molecule has 3 rings (SSSR count). The van der Waals surface area contributed by atoms with Crippen LogP contribution in [0.4, 0.5) is 0 Å². The van der Waals surface area contributed by atoms with E-state index in [0.717, 1.165) is 15.7 Å². The number of ether oxygens (including phenoxy) is 1. The molecule has 0 unspecified atom stereocenters. The van der Waals surface area contributed by atoms with Crippen LogP contribution in [0.5, 0.6) is 6.01 Å². The van der Waals surface area contributed by atoms with Crippen LogP contribution in [0.2, 0.25) is 0 Å². The zero-order chi connectivity index (χ0) is 24.1. The van der Waals surface area contributed by atoms with Crippen molar-refractivity contribution in [3.63, 3.8) is 0 Å². The number of aliphatic hydroxyl groups is 1. The van der Waals surface area contributed by atoms with E-state index < -0.39 is 11.2 Å². The van der Waals surface area contributed by atoms with E-state index in [1.807, 2.05) is 38.1 Å². The summed E-state index contributed by atoms with van der Waals surface area (Å²) in [6, 6.07) is 8.12. The largest absolute Gasteiger partial charge is 0.425 e. The number of benzene rings is 1. The first kappa shape index (κ1) is 24.0. The van der Waals surface area contributed by atoms with Gasteiger partial charge < -0.3 is 9.84 Å². The number of hydrogen-bond acceptors (Lipinski definition) is 5. The Kier molecular flexibility index (Phi) is 7.50. The first-order valence-electron chi connectivity index (χ1n) is 10.9. The fourth-order valence-corrected chi connectivity index (χ4v) is 3.55. The number of hydrogen-bond donors (Lipinski definition) is 1. The SMILES string of the molecule is C=C/C=C(/Oc1nc2c(c(=O)n(CCCO)c(=O)n2CC)n1Cc1ccc(C)cc1)C(=C)C. The summed E-state index contributed by atoms with van der Waals surface area (Å²) in [6.07, 6.45) is 3.55. The highest BCUT2D eigenvalue weighted by Crippen LogP contribution is 2.24. The molecule has 0 saturated heterocycles. The first-order chi connectivity index (χ1) is 15.8. The van der Waals surface area contributed by atoms with Gasteiger partial charge in [-0.2, -0.15) is 4.98 Å². The van der Waals surface area contributed by atoms with Gasteiger partial charge >= 0.3 is 11.7 Å². The van der Waals surface area contributed by atoms with Gasteiger partial charge in [0.25, 0.3) is 5.56 Å². The van der Waals surface area contributed by atoms with Crippen molar-refractivity contribution in [3.05, 3.63) is 92.9 Å². The molecule has 0 radical (unpaired) electrons. The lowest BCUT2D eigenvalue weighted by Crippen LogP contribution is -2.40. The van der Waals surface area contributed by atoms with Gasteiger partial charge in [0.05, 0.1) is 6.54 Å². The van der Waals surface area contributed by atoms with E-state index in [1.54, 1.807) is 23.6 Å². The second-order valence-electron chi connectivity index (χ2n) is 7.85. The Morgan fingerprint density at radius 1 is 1.18 bits per heavy atom. The molecule has 174 valence electrons. The van der Waals surface area contributed by atoms with Crippen LogP contribution in [0.25, 0.3) is 11.2 Å². The molecule has 0 spiro atoms. The summed E-state index contributed by atoms with van der Waals surface area (Å²) in [7, 11) is 0. The van der Waals surface area contributed by atoms with Gasteiger partial charge in [0, 0.05) is 19.7 Å². The lowest BCUT2D eigenvalue weighted by molar-refractivity contribution is 0.277. The number of aliphatic hydroxyl groups excluding tert-OH is 1. The molecule has 1 aromatic carbocycles. The fourth-order valence-electron chi connectivity index (χ4n) is 3.55. The van der Waals surface area contributed by atoms with Gasteiger partial charge in [-0.3, -0.25) is 18.5 Å². The van der Waals surface area contributed by atoms with Crippen LogP contribution >= 0.6 is 0 Å². The van der Waals surface area contributed by atoms with Crippen molar-refractivity contribution in [1.29, 1.82) is 0 Å². The van der Waals surface area contributed by atoms with Gasteiger partial charge in [-0.25, -0.2) is 4.79 Å². The molecule has 0 saturated carbocycles. The number of rotatable bonds is 10. The minimum atomic E-state index is -0.466. The van der Waals surface area contributed by atoms with Crippen LogP contribution in [-0.2, 0) is 19.6 Å². The number of nitrogens with zero attached hydrogens (tertiary/aromatic N) is 4. The van der Waals surface area contributed by atoms with Crippen LogP contribution < -0.4 is 16.0 Å². The zero-order valence-corrected chi connectivity index (χ0v) is 19.4. The van der Waals surface area contributed by atoms with Gasteiger partial charge in [-0.15, -0.1) is 0 Å². The zero-order valence-electron chi connectivity index (χ0n) is 19.4. The molecule has 0 bridgehead atoms. The van der Waals surface area contributed by atoms with Gasteiger partial charge in [0.1, 0.15) is 5.76 Å². The normalized spacial score (nSPS) is 11.7. The van der Waals surface area contributed by atoms with Crippen molar-refractivity contribution in [3.8, 4) is 6.01 Å². The van der Waals surface area contributed by atoms with E-state index in [2.05, 4.69) is 18.1 Å². The predicted molar refractivity (Wildman–Crippen MR) is 130 cm³/mol. The number of allylic oxidation sites excluding steroid dienone is 3. The molecule has 0 amide bonds. The van der Waals surface area contributed by atoms with Crippen molar-refractivity contribution in [2.75, 3.05) is 6.61 Å². The maximum atomic E-state index is 13.5. The number of imidazole rings is 1. The Bertz CT molecular complexity index is 1320. The summed E-state index contributed by atoms with van der Waals surface area (Å²) in [5.74, 6) is 0.455. The Morgan fingerprint density at radius 3 is 2.45 bits per heavy atom. The second-order valence-corrected chi connectivity index (χ2v) is 7.85. The van der Waals surface area contributed by atoms with Crippen LogP contribution in [0.15, 0.2) is 70.5 Å². The Hall–Kier alpha value is -3.65. The summed E-state index contributed by atoms with van der Waals surface area (Å²) in [4.78, 5) is 31.0. The smallest absolute Gasteiger partial charge is 0.332 e. The quantitative estimate of drug-likeness (QED) is 0.379. The minimum Gasteiger partial charge on any atom is -0.425 e. The van der Waals surface area contributed by atoms with Gasteiger partial charge in [-0.05, 0) is 44.4 Å². The van der Waals surface area contributed by atoms with E-state index in [0.29, 0.717) is 30.8 Å². The highest BCUT2D eigenvalue weighted by Gasteiger charge is 2.23. The van der Waals surface area contributed by atoms with E-state index in [4.69, 9.17) is 4.74 Å². The highest BCUT2D eigenvalue weighted by atomic mass is 16.5. The van der Waals surface area contributed by atoms with Gasteiger partial charge in [0.2, 0.25) is 0 Å². The predicted octanol–water partition coefficient (Wildman–Crippen LogP) is 3.14. The summed E-state index contributed by atoms with van der Waals surface area (Å²) in [5, 5.41) is 9.24. The lowest BCUT2D eigenvalue weighted by atomic mass is 10.1. The first-order valence-corrected chi connectivity index (χ1v) is 10.9. The van der Waals surface area contributed by atoms with Crippen molar-refractivity contribution in [2.24, 2.45) is 0 Å². The molecular formula is C25H30N4O4. The maximum absolute atomic E-state index is 13.5. The maximum Gasteiger partial charge on any atom is 0.332 e. The number of fused-ring (bicyclic) bond motifs is 1. The van der Waals surface area contributed by atoms with Crippen molar-refractivity contribution >= 4 is 11.2 Å². The molecule has 33 heavy (non-hydrogen) atoms. The standard InChI is InChI=1S/C25H30N4O4/c1-6-9-20(17(3)4)33-24-26-22-21(29(24)16-19-12-10-18(5)11-13-19)23(31)28(14-8-15-30)25(32)27(22)7-2/h6,9-13,30H,1,3,7-8,14-16H2,2,4-5H3/b20-9+. The molecule has 0 atom stereocenters. The fraction of sp³-hybridized carbons (Fsp3) is 0.320. The van der Waals surface area contributed by atoms with Crippen LogP contribution in [0.3, 0.4) is 0 Å². The van der Waals surface area contributed by atoms with E-state index in [-0.39, 0.29) is 30.3 Å². The molecule has 0 aliphatic carbocycles. The third-order valence-corrected chi connectivity index (χ3v) is 5.29. The average molecular weight is 451 g/mol. The van der Waals surface area contributed by atoms with Crippen molar-refractivity contribution < 1.29 is 9.84 Å². The monoisotopic (exact) mass is 450 g/mol. The molecule has 8 nitrogen and oxygen atoms in total. The molecule has 2 aromatic heterocycles. The Morgan fingerprint density at radius 2 is 1.88 bits per heavy atom. The average Bonchev–Trinajstić information content (AvgIpc) is 3.13. The molecule has 2 heterocycles. The highest BCUT2D eigenvalue weighted by molar-refractivity contribution is 5.72. The third-order valence-electron chi connectivity index (χ3n) is 5.29. The molecule has 0 aliphatic heterocycles. The van der Waals surface area contributed by atoms with E-state index in [9.17, 15) is 14.7 Å². The van der Waals surface area contributed by atoms with Crippen LogP contribution in [0.1, 0.15) is 31.4 Å². The lowest BCUT2D eigenvalue weighted by Gasteiger charge is -2.13. The molecule has 8 heteroatoms. The molecule has 1 N–H and O–H groups in total. The number of aryl methyl sites for hydroxylation is 2. The summed E-state index contributed by atoms with van der Waals surface area (Å²) in [5.41, 5.74) is 2.33. The Labute approximate surface area is 192 Å². The van der Waals surface area contributed by atoms with Crippen LogP contribution in [0, 0.1) is 6.92 Å². The minimum absolute atomic E-state index is 0.114. The van der Waals surface area contributed by atoms with Crippen LogP contribution in [-0.4, -0.2) is 30.4 Å². The Balaban J connectivity index is 2.33. The van der Waals surface area contributed by atoms with Gasteiger partial charge in [0.15, 0.2) is 11.2 Å². The number of aromatic nitrogens is 4. The van der Waals surface area contributed by atoms with Crippen molar-refractivity contribution in [2.45, 2.75) is 46.8 Å². The second kappa shape index (κ2) is 10.3. The molecule has 3 aromatic rings. The summed E-state index contributed by atoms with van der Waals surface area (Å²) >= 11 is 0. The molecule has 0 fully saturated rings. The third kappa shape index (κ3) is 4.90.